The van der Waals surface area contributed by atoms with Crippen molar-refractivity contribution < 1.29 is 4.39 Å². The van der Waals surface area contributed by atoms with Crippen molar-refractivity contribution in [3.05, 3.63) is 35.1 Å². The highest BCUT2D eigenvalue weighted by atomic mass is 19.1. The smallest absolute Gasteiger partial charge is 0.123 e. The molecule has 1 aliphatic heterocycles. The molecule has 0 amide bonds. The number of benzene rings is 1. The maximum absolute atomic E-state index is 13.0. The first kappa shape index (κ1) is 14.5. The summed E-state index contributed by atoms with van der Waals surface area (Å²) in [7, 11) is 0. The van der Waals surface area contributed by atoms with E-state index in [4.69, 9.17) is 0 Å². The summed E-state index contributed by atoms with van der Waals surface area (Å²) in [6.07, 6.45) is 4.05. The Morgan fingerprint density at radius 2 is 2.00 bits per heavy atom. The van der Waals surface area contributed by atoms with E-state index in [2.05, 4.69) is 17.1 Å². The van der Waals surface area contributed by atoms with Crippen LogP contribution in [0.5, 0.6) is 0 Å². The lowest BCUT2D eigenvalue weighted by Gasteiger charge is -2.32. The molecule has 1 aromatic rings. The Kier molecular flexibility index (Phi) is 5.34. The number of hydrogen-bond acceptors (Lipinski definition) is 2. The van der Waals surface area contributed by atoms with Crippen LogP contribution in [0.25, 0.3) is 0 Å². The van der Waals surface area contributed by atoms with Gasteiger partial charge in [-0.25, -0.2) is 4.39 Å². The molecule has 0 aliphatic carbocycles. The van der Waals surface area contributed by atoms with Crippen LogP contribution in [0.15, 0.2) is 18.2 Å². The van der Waals surface area contributed by atoms with Gasteiger partial charge in [-0.2, -0.15) is 0 Å². The van der Waals surface area contributed by atoms with Crippen LogP contribution in [0, 0.1) is 12.7 Å². The quantitative estimate of drug-likeness (QED) is 0.879. The number of hydrogen-bond donors (Lipinski definition) is 1. The normalized spacial score (nSPS) is 18.5. The lowest BCUT2D eigenvalue weighted by atomic mass is 10.1. The third-order valence-corrected chi connectivity index (χ3v) is 4.07. The summed E-state index contributed by atoms with van der Waals surface area (Å²) < 4.78 is 13.0. The monoisotopic (exact) mass is 264 g/mol. The van der Waals surface area contributed by atoms with Crippen LogP contribution in [-0.2, 0) is 6.54 Å². The fourth-order valence-corrected chi connectivity index (χ4v) is 2.76. The highest BCUT2D eigenvalue weighted by Crippen LogP contribution is 2.12. The van der Waals surface area contributed by atoms with Gasteiger partial charge in [-0.15, -0.1) is 0 Å². The minimum absolute atomic E-state index is 0.150. The Hall–Kier alpha value is -0.930. The summed E-state index contributed by atoms with van der Waals surface area (Å²) in [6.45, 7) is 8.54. The average Bonchev–Trinajstić information content (AvgIpc) is 2.42. The van der Waals surface area contributed by atoms with Gasteiger partial charge in [-0.1, -0.05) is 12.5 Å². The van der Waals surface area contributed by atoms with Gasteiger partial charge in [-0.05, 0) is 63.0 Å². The highest BCUT2D eigenvalue weighted by molar-refractivity contribution is 5.26. The molecule has 2 rings (SSSR count). The molecule has 0 bridgehead atoms. The molecule has 1 N–H and O–H groups in total. The Balaban J connectivity index is 1.76. The molecule has 1 aromatic carbocycles. The molecule has 106 valence electrons. The lowest BCUT2D eigenvalue weighted by Crippen LogP contribution is -2.43. The van der Waals surface area contributed by atoms with Crippen molar-refractivity contribution in [2.24, 2.45) is 0 Å². The molecular formula is C16H25FN2. The first-order valence-corrected chi connectivity index (χ1v) is 7.36. The van der Waals surface area contributed by atoms with E-state index in [1.54, 1.807) is 6.07 Å². The zero-order chi connectivity index (χ0) is 13.7. The van der Waals surface area contributed by atoms with Crippen molar-refractivity contribution in [1.82, 2.24) is 10.2 Å². The van der Waals surface area contributed by atoms with Crippen LogP contribution in [-0.4, -0.2) is 30.6 Å². The van der Waals surface area contributed by atoms with Crippen LogP contribution in [0.1, 0.15) is 37.3 Å². The zero-order valence-corrected chi connectivity index (χ0v) is 12.1. The van der Waals surface area contributed by atoms with Gasteiger partial charge in [-0.3, -0.25) is 4.90 Å². The number of aryl methyl sites for hydroxylation is 1. The molecule has 1 aliphatic rings. The minimum Gasteiger partial charge on any atom is -0.311 e. The summed E-state index contributed by atoms with van der Waals surface area (Å²) in [6, 6.07) is 5.60. The van der Waals surface area contributed by atoms with E-state index in [1.165, 1.54) is 44.0 Å². The summed E-state index contributed by atoms with van der Waals surface area (Å²) in [5.41, 5.74) is 2.21. The van der Waals surface area contributed by atoms with E-state index in [1.807, 2.05) is 13.0 Å². The number of nitrogens with zero attached hydrogens (tertiary/aromatic N) is 1. The molecule has 1 saturated heterocycles. The topological polar surface area (TPSA) is 15.3 Å². The fourth-order valence-electron chi connectivity index (χ4n) is 2.76. The third kappa shape index (κ3) is 4.29. The standard InChI is InChI=1S/C16H25FN2/c1-13-10-16(17)7-6-15(13)12-18-11-14(2)19-8-4-3-5-9-19/h6-7,10,14,18H,3-5,8-9,11-12H2,1-2H3. The van der Waals surface area contributed by atoms with Gasteiger partial charge < -0.3 is 5.32 Å². The first-order valence-electron chi connectivity index (χ1n) is 7.36. The van der Waals surface area contributed by atoms with Crippen molar-refractivity contribution in [1.29, 1.82) is 0 Å². The summed E-state index contributed by atoms with van der Waals surface area (Å²) in [5, 5.41) is 3.49. The highest BCUT2D eigenvalue weighted by Gasteiger charge is 2.15. The van der Waals surface area contributed by atoms with Crippen molar-refractivity contribution in [3.8, 4) is 0 Å². The molecule has 1 atom stereocenters. The Morgan fingerprint density at radius 1 is 1.26 bits per heavy atom. The second kappa shape index (κ2) is 7.01. The number of nitrogens with one attached hydrogen (secondary N) is 1. The van der Waals surface area contributed by atoms with E-state index in [0.717, 1.165) is 18.7 Å². The van der Waals surface area contributed by atoms with Gasteiger partial charge in [0.1, 0.15) is 5.82 Å². The third-order valence-electron chi connectivity index (χ3n) is 4.07. The maximum Gasteiger partial charge on any atom is 0.123 e. The van der Waals surface area contributed by atoms with Gasteiger partial charge >= 0.3 is 0 Å². The first-order chi connectivity index (χ1) is 9.16. The van der Waals surface area contributed by atoms with Gasteiger partial charge in [0.25, 0.3) is 0 Å². The van der Waals surface area contributed by atoms with Crippen LogP contribution >= 0.6 is 0 Å². The largest absolute Gasteiger partial charge is 0.311 e. The molecule has 1 heterocycles. The molecular weight excluding hydrogens is 239 g/mol. The molecule has 2 nitrogen and oxygen atoms in total. The Morgan fingerprint density at radius 3 is 2.68 bits per heavy atom. The predicted molar refractivity (Wildman–Crippen MR) is 77.7 cm³/mol. The molecule has 1 unspecified atom stereocenters. The number of rotatable bonds is 5. The van der Waals surface area contributed by atoms with E-state index >= 15 is 0 Å². The van der Waals surface area contributed by atoms with Crippen molar-refractivity contribution >= 4 is 0 Å². The van der Waals surface area contributed by atoms with E-state index in [-0.39, 0.29) is 5.82 Å². The number of piperidine rings is 1. The van der Waals surface area contributed by atoms with E-state index in [9.17, 15) is 4.39 Å². The van der Waals surface area contributed by atoms with Crippen LogP contribution in [0.3, 0.4) is 0 Å². The molecule has 0 spiro atoms. The van der Waals surface area contributed by atoms with Crippen LogP contribution in [0.4, 0.5) is 4.39 Å². The number of halogens is 1. The summed E-state index contributed by atoms with van der Waals surface area (Å²) in [4.78, 5) is 2.56. The molecule has 1 fully saturated rings. The van der Waals surface area contributed by atoms with Crippen molar-refractivity contribution in [3.63, 3.8) is 0 Å². The van der Waals surface area contributed by atoms with Gasteiger partial charge in [0.15, 0.2) is 0 Å². The Labute approximate surface area is 116 Å². The second-order valence-electron chi connectivity index (χ2n) is 5.65. The summed E-state index contributed by atoms with van der Waals surface area (Å²) in [5.74, 6) is -0.150. The fraction of sp³-hybridized carbons (Fsp3) is 0.625. The Bertz CT molecular complexity index is 400. The maximum atomic E-state index is 13.0. The zero-order valence-electron chi connectivity index (χ0n) is 12.1. The SMILES string of the molecule is Cc1cc(F)ccc1CNCC(C)N1CCCCC1. The number of likely N-dealkylation sites (tertiary alicyclic amines) is 1. The second-order valence-corrected chi connectivity index (χ2v) is 5.65. The lowest BCUT2D eigenvalue weighted by molar-refractivity contribution is 0.170. The predicted octanol–water partition coefficient (Wildman–Crippen LogP) is 3.10. The van der Waals surface area contributed by atoms with E-state index in [0.29, 0.717) is 6.04 Å². The molecule has 0 radical (unpaired) electrons. The molecule has 0 aromatic heterocycles. The van der Waals surface area contributed by atoms with Gasteiger partial charge in [0.2, 0.25) is 0 Å². The van der Waals surface area contributed by atoms with Crippen LogP contribution < -0.4 is 5.32 Å². The van der Waals surface area contributed by atoms with Gasteiger partial charge in [0.05, 0.1) is 0 Å². The molecule has 3 heteroatoms. The van der Waals surface area contributed by atoms with Crippen LogP contribution in [0.2, 0.25) is 0 Å². The average molecular weight is 264 g/mol. The minimum atomic E-state index is -0.150. The molecule has 19 heavy (non-hydrogen) atoms. The van der Waals surface area contributed by atoms with Crippen molar-refractivity contribution in [2.75, 3.05) is 19.6 Å². The van der Waals surface area contributed by atoms with Gasteiger partial charge in [0, 0.05) is 19.1 Å². The van der Waals surface area contributed by atoms with E-state index < -0.39 is 0 Å². The van der Waals surface area contributed by atoms with Crippen molar-refractivity contribution in [2.45, 2.75) is 45.7 Å². The summed E-state index contributed by atoms with van der Waals surface area (Å²) >= 11 is 0. The molecule has 0 saturated carbocycles.